The fourth-order valence-electron chi connectivity index (χ4n) is 3.51. The number of hydrogen-bond acceptors (Lipinski definition) is 5. The Balaban J connectivity index is 1.73. The fraction of sp³-hybridized carbons (Fsp3) is 0.360. The lowest BCUT2D eigenvalue weighted by molar-refractivity contribution is 0.391. The van der Waals surface area contributed by atoms with E-state index in [1.165, 1.54) is 5.56 Å². The van der Waals surface area contributed by atoms with Crippen LogP contribution in [0.1, 0.15) is 52.8 Å². The number of imidazole rings is 1. The molecule has 0 amide bonds. The van der Waals surface area contributed by atoms with Gasteiger partial charge in [0.1, 0.15) is 10.8 Å². The summed E-state index contributed by atoms with van der Waals surface area (Å²) in [5.74, 6) is 1.66. The van der Waals surface area contributed by atoms with E-state index in [0.29, 0.717) is 6.54 Å². The zero-order chi connectivity index (χ0) is 22.2. The molecule has 2 aromatic heterocycles. The molecule has 0 aliphatic carbocycles. The quantitative estimate of drug-likeness (QED) is 0.489. The van der Waals surface area contributed by atoms with E-state index in [9.17, 15) is 0 Å². The van der Waals surface area contributed by atoms with Gasteiger partial charge in [-0.1, -0.05) is 83.2 Å². The lowest BCUT2D eigenvalue weighted by Gasteiger charge is -2.28. The number of ether oxygens (including phenoxy) is 1. The zero-order valence-corrected chi connectivity index (χ0v) is 19.9. The van der Waals surface area contributed by atoms with Crippen LogP contribution in [0.2, 0.25) is 0 Å². The van der Waals surface area contributed by atoms with Gasteiger partial charge in [0.2, 0.25) is 5.88 Å². The second kappa shape index (κ2) is 8.00. The summed E-state index contributed by atoms with van der Waals surface area (Å²) >= 11 is 1.66. The molecule has 0 saturated carbocycles. The Kier molecular flexibility index (Phi) is 5.52. The van der Waals surface area contributed by atoms with E-state index >= 15 is 0 Å². The van der Waals surface area contributed by atoms with Crippen molar-refractivity contribution >= 4 is 16.5 Å². The van der Waals surface area contributed by atoms with Gasteiger partial charge in [0.05, 0.1) is 12.0 Å². The Morgan fingerprint density at radius 1 is 1.03 bits per heavy atom. The highest BCUT2D eigenvalue weighted by Gasteiger charge is 2.28. The minimum atomic E-state index is -0.0937. The van der Waals surface area contributed by atoms with E-state index in [1.54, 1.807) is 17.5 Å². The molecule has 1 aromatic carbocycles. The van der Waals surface area contributed by atoms with Crippen LogP contribution in [0.25, 0.3) is 5.00 Å². The molecule has 5 nitrogen and oxygen atoms in total. The second-order valence-corrected chi connectivity index (χ2v) is 10.7. The van der Waals surface area contributed by atoms with Gasteiger partial charge >= 0.3 is 0 Å². The highest BCUT2D eigenvalue weighted by atomic mass is 32.1. The minimum Gasteiger partial charge on any atom is -0.440 e. The van der Waals surface area contributed by atoms with Gasteiger partial charge in [0, 0.05) is 29.9 Å². The van der Waals surface area contributed by atoms with Crippen molar-refractivity contribution in [2.24, 2.45) is 0 Å². The van der Waals surface area contributed by atoms with Crippen LogP contribution in [-0.4, -0.2) is 21.1 Å². The Labute approximate surface area is 188 Å². The van der Waals surface area contributed by atoms with E-state index in [2.05, 4.69) is 69.6 Å². The molecule has 6 heteroatoms. The van der Waals surface area contributed by atoms with Gasteiger partial charge in [-0.25, -0.2) is 9.97 Å². The maximum atomic E-state index is 6.49. The van der Waals surface area contributed by atoms with Crippen LogP contribution in [0, 0.1) is 0 Å². The first kappa shape index (κ1) is 21.4. The lowest BCUT2D eigenvalue weighted by atomic mass is 9.86. The molecule has 31 heavy (non-hydrogen) atoms. The van der Waals surface area contributed by atoms with Gasteiger partial charge < -0.3 is 4.74 Å². The zero-order valence-electron chi connectivity index (χ0n) is 19.1. The summed E-state index contributed by atoms with van der Waals surface area (Å²) in [5.41, 5.74) is 2.12. The number of rotatable bonds is 4. The van der Waals surface area contributed by atoms with E-state index in [-0.39, 0.29) is 10.8 Å². The molecule has 0 saturated heterocycles. The monoisotopic (exact) mass is 434 g/mol. The molecular weight excluding hydrogens is 404 g/mol. The molecule has 0 N–H and O–H groups in total. The van der Waals surface area contributed by atoms with Crippen molar-refractivity contribution in [2.75, 3.05) is 11.4 Å². The van der Waals surface area contributed by atoms with E-state index in [1.807, 2.05) is 41.4 Å². The van der Waals surface area contributed by atoms with Crippen molar-refractivity contribution in [1.29, 1.82) is 0 Å². The molecule has 0 spiro atoms. The van der Waals surface area contributed by atoms with Crippen LogP contribution in [0.5, 0.6) is 5.75 Å². The van der Waals surface area contributed by atoms with Crippen molar-refractivity contribution in [3.63, 3.8) is 0 Å². The number of nitrogens with zero attached hydrogens (tertiary/aromatic N) is 4. The molecule has 3 heterocycles. The summed E-state index contributed by atoms with van der Waals surface area (Å²) in [6.07, 6.45) is 11.8. The molecule has 0 bridgehead atoms. The molecule has 0 atom stereocenters. The van der Waals surface area contributed by atoms with Gasteiger partial charge in [-0.15, -0.1) is 0 Å². The van der Waals surface area contributed by atoms with Crippen LogP contribution < -0.4 is 9.64 Å². The summed E-state index contributed by atoms with van der Waals surface area (Å²) < 4.78 is 8.53. The van der Waals surface area contributed by atoms with Gasteiger partial charge in [0.25, 0.3) is 0 Å². The Hall–Kier alpha value is -2.86. The van der Waals surface area contributed by atoms with Gasteiger partial charge in [-0.2, -0.15) is 0 Å². The Morgan fingerprint density at radius 2 is 1.81 bits per heavy atom. The lowest BCUT2D eigenvalue weighted by Crippen LogP contribution is -2.28. The van der Waals surface area contributed by atoms with Gasteiger partial charge in [-0.05, 0) is 17.6 Å². The van der Waals surface area contributed by atoms with Crippen molar-refractivity contribution in [3.05, 3.63) is 78.4 Å². The molecule has 0 radical (unpaired) electrons. The first-order valence-corrected chi connectivity index (χ1v) is 11.4. The summed E-state index contributed by atoms with van der Waals surface area (Å²) in [6.45, 7) is 13.9. The van der Waals surface area contributed by atoms with E-state index in [4.69, 9.17) is 9.72 Å². The van der Waals surface area contributed by atoms with Crippen LogP contribution in [0.15, 0.2) is 67.1 Å². The number of benzene rings is 1. The van der Waals surface area contributed by atoms with Crippen molar-refractivity contribution in [3.8, 4) is 10.8 Å². The maximum absolute atomic E-state index is 6.49. The predicted octanol–water partition coefficient (Wildman–Crippen LogP) is 6.22. The van der Waals surface area contributed by atoms with Gasteiger partial charge in [0.15, 0.2) is 5.13 Å². The molecule has 1 aliphatic heterocycles. The third-order valence-electron chi connectivity index (χ3n) is 5.12. The topological polar surface area (TPSA) is 43.2 Å². The normalized spacial score (nSPS) is 14.6. The summed E-state index contributed by atoms with van der Waals surface area (Å²) in [4.78, 5) is 11.4. The third-order valence-corrected chi connectivity index (χ3v) is 6.21. The number of anilines is 1. The Morgan fingerprint density at radius 3 is 2.48 bits per heavy atom. The first-order valence-electron chi connectivity index (χ1n) is 10.6. The first-order chi connectivity index (χ1) is 14.6. The standard InChI is InChI=1S/C25H30N4OS/c1-24(2,3)18-11-7-8-12-19(18)30-20-13-9-10-15-29(20)23-27-21(25(4,5)6)22(31-23)28-16-14-26-17-28/h7-14,16-17H,15H2,1-6H3. The maximum Gasteiger partial charge on any atom is 0.202 e. The summed E-state index contributed by atoms with van der Waals surface area (Å²) in [6, 6.07) is 8.26. The SMILES string of the molecule is CC(C)(C)c1ccccc1OC1=CC=CCN1c1nc(C(C)(C)C)c(-n2ccnc2)s1. The van der Waals surface area contributed by atoms with E-state index in [0.717, 1.165) is 27.5 Å². The number of para-hydroxylation sites is 1. The predicted molar refractivity (Wildman–Crippen MR) is 128 cm³/mol. The number of allylic oxidation sites excluding steroid dienone is 2. The average Bonchev–Trinajstić information content (AvgIpc) is 3.37. The molecule has 3 aromatic rings. The van der Waals surface area contributed by atoms with Crippen molar-refractivity contribution in [1.82, 2.24) is 14.5 Å². The summed E-state index contributed by atoms with van der Waals surface area (Å²) in [5, 5.41) is 2.00. The van der Waals surface area contributed by atoms with E-state index < -0.39 is 0 Å². The van der Waals surface area contributed by atoms with Crippen LogP contribution in [-0.2, 0) is 10.8 Å². The van der Waals surface area contributed by atoms with Gasteiger partial charge in [-0.3, -0.25) is 9.47 Å². The highest BCUT2D eigenvalue weighted by Crippen LogP contribution is 2.39. The van der Waals surface area contributed by atoms with Crippen molar-refractivity contribution < 1.29 is 4.74 Å². The number of thiazole rings is 1. The largest absolute Gasteiger partial charge is 0.440 e. The molecule has 4 rings (SSSR count). The number of hydrogen-bond donors (Lipinski definition) is 0. The summed E-state index contributed by atoms with van der Waals surface area (Å²) in [7, 11) is 0. The van der Waals surface area contributed by atoms with Crippen LogP contribution >= 0.6 is 11.3 Å². The second-order valence-electron chi connectivity index (χ2n) is 9.76. The molecule has 1 aliphatic rings. The van der Waals surface area contributed by atoms with Crippen LogP contribution in [0.3, 0.4) is 0 Å². The highest BCUT2D eigenvalue weighted by molar-refractivity contribution is 7.18. The number of aromatic nitrogens is 3. The smallest absolute Gasteiger partial charge is 0.202 e. The minimum absolute atomic E-state index is 0.0122. The molecule has 162 valence electrons. The van der Waals surface area contributed by atoms with Crippen molar-refractivity contribution in [2.45, 2.75) is 52.4 Å². The molecule has 0 fully saturated rings. The fourth-order valence-corrected chi connectivity index (χ4v) is 4.75. The third kappa shape index (κ3) is 4.44. The average molecular weight is 435 g/mol. The molecule has 0 unspecified atom stereocenters. The Bertz CT molecular complexity index is 1110. The van der Waals surface area contributed by atoms with Crippen LogP contribution in [0.4, 0.5) is 5.13 Å². The molecular formula is C25H30N4OS.